The van der Waals surface area contributed by atoms with Gasteiger partial charge in [-0.2, -0.15) is 15.3 Å². The lowest BCUT2D eigenvalue weighted by molar-refractivity contribution is 0.558. The highest BCUT2D eigenvalue weighted by atomic mass is 32.2. The zero-order chi connectivity index (χ0) is 22.8. The van der Waals surface area contributed by atoms with Gasteiger partial charge in [0.05, 0.1) is 33.9 Å². The topological polar surface area (TPSA) is 116 Å². The molecule has 32 heavy (non-hydrogen) atoms. The second-order valence-corrected chi connectivity index (χ2v) is 11.8. The van der Waals surface area contributed by atoms with Gasteiger partial charge in [-0.3, -0.25) is 13.8 Å². The fourth-order valence-corrected chi connectivity index (χ4v) is 6.32. The van der Waals surface area contributed by atoms with Crippen molar-refractivity contribution < 1.29 is 8.42 Å². The van der Waals surface area contributed by atoms with Crippen LogP contribution in [0.25, 0.3) is 11.0 Å². The zero-order valence-corrected chi connectivity index (χ0v) is 19.9. The minimum absolute atomic E-state index is 0.0755. The minimum Gasteiger partial charge on any atom is -0.286 e. The highest BCUT2D eigenvalue weighted by Crippen LogP contribution is 2.38. The van der Waals surface area contributed by atoms with Crippen LogP contribution in [-0.2, 0) is 23.6 Å². The summed E-state index contributed by atoms with van der Waals surface area (Å²) < 4.78 is 33.7. The molecule has 0 saturated heterocycles. The van der Waals surface area contributed by atoms with Gasteiger partial charge in [0.1, 0.15) is 5.37 Å². The number of rotatable bonds is 6. The van der Waals surface area contributed by atoms with Gasteiger partial charge in [-0.1, -0.05) is 11.8 Å². The molecule has 3 aromatic rings. The molecule has 12 heteroatoms. The molecule has 1 saturated carbocycles. The summed E-state index contributed by atoms with van der Waals surface area (Å²) in [6.07, 6.45) is 1.63. The molecule has 2 aliphatic rings. The highest BCUT2D eigenvalue weighted by molar-refractivity contribution is 8.00. The fourth-order valence-electron chi connectivity index (χ4n) is 3.94. The lowest BCUT2D eigenvalue weighted by Gasteiger charge is -2.13. The number of hydrogen-bond donors (Lipinski definition) is 1. The Balaban J connectivity index is 1.66. The van der Waals surface area contributed by atoms with Gasteiger partial charge in [-0.15, -0.1) is 0 Å². The van der Waals surface area contributed by atoms with Crippen molar-refractivity contribution in [1.82, 2.24) is 23.6 Å². The first-order valence-corrected chi connectivity index (χ1v) is 12.8. The van der Waals surface area contributed by atoms with E-state index in [0.29, 0.717) is 17.6 Å². The van der Waals surface area contributed by atoms with Crippen LogP contribution in [0.4, 0.5) is 0 Å². The number of azo groups is 1. The van der Waals surface area contributed by atoms with E-state index in [9.17, 15) is 13.2 Å². The molecule has 1 N–H and O–H groups in total. The summed E-state index contributed by atoms with van der Waals surface area (Å²) in [5.41, 5.74) is 1.70. The number of fused-ring (bicyclic) bond motifs is 1. The van der Waals surface area contributed by atoms with Gasteiger partial charge < -0.3 is 0 Å². The third kappa shape index (κ3) is 3.69. The minimum atomic E-state index is -3.71. The van der Waals surface area contributed by atoms with Gasteiger partial charge >= 0.3 is 5.69 Å². The molecule has 3 heterocycles. The Kier molecular flexibility index (Phi) is 4.88. The summed E-state index contributed by atoms with van der Waals surface area (Å²) in [6.45, 7) is 6.01. The Morgan fingerprint density at radius 1 is 1.22 bits per heavy atom. The van der Waals surface area contributed by atoms with Gasteiger partial charge in [0.25, 0.3) is 0 Å². The van der Waals surface area contributed by atoms with E-state index in [1.807, 2.05) is 33.9 Å². The smallest absolute Gasteiger partial charge is 0.286 e. The third-order valence-electron chi connectivity index (χ3n) is 5.91. The SMILES string of the molecule is Cc1cc(Cn2c(=O)n(C3N=NC(C)S3)c3cc(S(=O)(=O)NC4(C)CC4)ccc32)n(C)n1. The van der Waals surface area contributed by atoms with Crippen LogP contribution in [0.1, 0.15) is 43.6 Å². The van der Waals surface area contributed by atoms with Crippen LogP contribution in [0, 0.1) is 6.92 Å². The second kappa shape index (κ2) is 7.29. The molecule has 2 unspecified atom stereocenters. The van der Waals surface area contributed by atoms with Gasteiger partial charge in [0.15, 0.2) is 5.50 Å². The van der Waals surface area contributed by atoms with Crippen molar-refractivity contribution in [1.29, 1.82) is 0 Å². The van der Waals surface area contributed by atoms with Crippen LogP contribution in [0.15, 0.2) is 44.2 Å². The molecule has 0 bridgehead atoms. The number of hydrogen-bond acceptors (Lipinski definition) is 7. The first-order chi connectivity index (χ1) is 15.1. The summed E-state index contributed by atoms with van der Waals surface area (Å²) >= 11 is 1.44. The maximum atomic E-state index is 13.5. The van der Waals surface area contributed by atoms with E-state index in [1.165, 1.54) is 16.3 Å². The number of aryl methyl sites for hydroxylation is 2. The van der Waals surface area contributed by atoms with Crippen LogP contribution < -0.4 is 10.4 Å². The monoisotopic (exact) mass is 475 g/mol. The summed E-state index contributed by atoms with van der Waals surface area (Å²) in [6, 6.07) is 6.74. The van der Waals surface area contributed by atoms with Crippen molar-refractivity contribution in [3.63, 3.8) is 0 Å². The van der Waals surface area contributed by atoms with E-state index in [2.05, 4.69) is 20.0 Å². The summed E-state index contributed by atoms with van der Waals surface area (Å²) in [7, 11) is -1.88. The Morgan fingerprint density at radius 3 is 2.56 bits per heavy atom. The molecular weight excluding hydrogens is 450 g/mol. The number of aromatic nitrogens is 4. The molecule has 5 rings (SSSR count). The molecule has 0 amide bonds. The number of benzene rings is 1. The Hall–Kier alpha value is -2.44. The Morgan fingerprint density at radius 2 is 1.97 bits per heavy atom. The summed E-state index contributed by atoms with van der Waals surface area (Å²) in [5, 5.41) is 12.7. The van der Waals surface area contributed by atoms with Gasteiger partial charge in [0.2, 0.25) is 10.0 Å². The molecule has 1 aliphatic carbocycles. The zero-order valence-electron chi connectivity index (χ0n) is 18.3. The van der Waals surface area contributed by atoms with Crippen LogP contribution in [0.2, 0.25) is 0 Å². The van der Waals surface area contributed by atoms with Crippen molar-refractivity contribution in [2.45, 2.75) is 61.5 Å². The predicted octanol–water partition coefficient (Wildman–Crippen LogP) is 2.73. The van der Waals surface area contributed by atoms with Gasteiger partial charge in [-0.25, -0.2) is 17.9 Å². The van der Waals surface area contributed by atoms with Crippen molar-refractivity contribution in [3.8, 4) is 0 Å². The average Bonchev–Trinajstić information content (AvgIpc) is 3.01. The first kappa shape index (κ1) is 21.4. The van der Waals surface area contributed by atoms with Crippen LogP contribution >= 0.6 is 11.8 Å². The number of nitrogens with one attached hydrogen (secondary N) is 1. The second-order valence-electron chi connectivity index (χ2n) is 8.75. The first-order valence-electron chi connectivity index (χ1n) is 10.4. The summed E-state index contributed by atoms with van der Waals surface area (Å²) in [4.78, 5) is 13.7. The molecule has 2 aromatic heterocycles. The number of imidazole rings is 1. The summed E-state index contributed by atoms with van der Waals surface area (Å²) in [5.74, 6) is 0. The molecule has 10 nitrogen and oxygen atoms in total. The van der Waals surface area contributed by atoms with Crippen LogP contribution in [0.3, 0.4) is 0 Å². The van der Waals surface area contributed by atoms with E-state index < -0.39 is 15.5 Å². The van der Waals surface area contributed by atoms with Crippen molar-refractivity contribution in [3.05, 3.63) is 46.1 Å². The quantitative estimate of drug-likeness (QED) is 0.589. The third-order valence-corrected chi connectivity index (χ3v) is 8.58. The number of nitrogens with zero attached hydrogens (tertiary/aromatic N) is 6. The number of sulfonamides is 1. The average molecular weight is 476 g/mol. The van der Waals surface area contributed by atoms with E-state index >= 15 is 0 Å². The largest absolute Gasteiger partial charge is 0.331 e. The Bertz CT molecular complexity index is 1410. The molecule has 2 atom stereocenters. The molecule has 1 fully saturated rings. The lowest BCUT2D eigenvalue weighted by atomic mass is 10.3. The van der Waals surface area contributed by atoms with E-state index in [4.69, 9.17) is 0 Å². The predicted molar refractivity (Wildman–Crippen MR) is 122 cm³/mol. The van der Waals surface area contributed by atoms with E-state index in [0.717, 1.165) is 24.2 Å². The normalized spacial score (nSPS) is 22.1. The number of thioether (sulfide) groups is 1. The molecule has 170 valence electrons. The molecular formula is C20H25N7O3S2. The highest BCUT2D eigenvalue weighted by Gasteiger charge is 2.41. The van der Waals surface area contributed by atoms with Crippen molar-refractivity contribution in [2.75, 3.05) is 0 Å². The van der Waals surface area contributed by atoms with Crippen molar-refractivity contribution >= 4 is 32.8 Å². The van der Waals surface area contributed by atoms with Gasteiger partial charge in [-0.05, 0) is 57.9 Å². The molecule has 1 aliphatic heterocycles. The maximum absolute atomic E-state index is 13.5. The van der Waals surface area contributed by atoms with Crippen LogP contribution in [-0.4, -0.2) is 38.2 Å². The maximum Gasteiger partial charge on any atom is 0.331 e. The Labute approximate surface area is 189 Å². The lowest BCUT2D eigenvalue weighted by Crippen LogP contribution is -2.34. The van der Waals surface area contributed by atoms with Gasteiger partial charge in [0, 0.05) is 12.6 Å². The van der Waals surface area contributed by atoms with E-state index in [-0.39, 0.29) is 21.5 Å². The molecule has 0 spiro atoms. The standard InChI is InChI=1S/C20H25N7O3S2/c1-12-9-14(25(4)23-12)11-26-16-6-5-15(32(29,30)24-20(3)7-8-20)10-17(16)27(19(26)28)18-22-21-13(2)31-18/h5-6,9-10,13,18,24H,7-8,11H2,1-4H3. The van der Waals surface area contributed by atoms with E-state index in [1.54, 1.807) is 27.4 Å². The van der Waals surface area contributed by atoms with Crippen molar-refractivity contribution in [2.24, 2.45) is 17.3 Å². The van der Waals surface area contributed by atoms with Crippen LogP contribution in [0.5, 0.6) is 0 Å². The molecule has 0 radical (unpaired) electrons. The molecule has 1 aromatic carbocycles. The fraction of sp³-hybridized carbons (Fsp3) is 0.500.